The fourth-order valence-corrected chi connectivity index (χ4v) is 3.34. The molecule has 0 saturated heterocycles. The van der Waals surface area contributed by atoms with Crippen molar-refractivity contribution < 1.29 is 46.6 Å². The van der Waals surface area contributed by atoms with E-state index in [2.05, 4.69) is 20.0 Å². The molecule has 38 heavy (non-hydrogen) atoms. The number of ketones is 2. The number of Topliss-reactive ketones (excluding diaryl/α,β-unsaturated/α-hetero) is 2. The number of hydrogen-bond acceptors (Lipinski definition) is 6. The Labute approximate surface area is 212 Å². The number of H-pyrrole nitrogens is 1. The van der Waals surface area contributed by atoms with Crippen LogP contribution in [0, 0.1) is 29.2 Å². The minimum atomic E-state index is -1.89. The lowest BCUT2D eigenvalue weighted by molar-refractivity contribution is -0.140. The van der Waals surface area contributed by atoms with Crippen LogP contribution in [0.15, 0.2) is 42.6 Å². The standard InChI is InChI=1S/C25H21F4N3O6/c1-12(7-18(33)17-10-30-24(31-17)13-5-3-2-4-6-13)25(37)32-16(9-20(35)36)19(34)11-38-23-21(28)14(26)8-15(27)22(23)29/h2-6,8,10,12,16H,7,9,11H2,1H3,(H,30,31)(H,32,37)(H,35,36)/t12-,16+/m1/s1. The van der Waals surface area contributed by atoms with E-state index in [1.165, 1.54) is 13.1 Å². The van der Waals surface area contributed by atoms with E-state index in [9.17, 15) is 36.7 Å². The van der Waals surface area contributed by atoms with Gasteiger partial charge in [0.1, 0.15) is 24.2 Å². The molecule has 2 atom stereocenters. The zero-order chi connectivity index (χ0) is 28.0. The van der Waals surface area contributed by atoms with Gasteiger partial charge in [0.2, 0.25) is 17.5 Å². The predicted molar refractivity (Wildman–Crippen MR) is 123 cm³/mol. The summed E-state index contributed by atoms with van der Waals surface area (Å²) in [7, 11) is 0. The summed E-state index contributed by atoms with van der Waals surface area (Å²) in [4.78, 5) is 55.9. The van der Waals surface area contributed by atoms with Gasteiger partial charge in [0.25, 0.3) is 0 Å². The van der Waals surface area contributed by atoms with Gasteiger partial charge >= 0.3 is 5.97 Å². The van der Waals surface area contributed by atoms with Crippen LogP contribution in [0.1, 0.15) is 30.3 Å². The van der Waals surface area contributed by atoms with E-state index in [0.29, 0.717) is 5.82 Å². The molecule has 1 aromatic heterocycles. The number of aliphatic carboxylic acids is 1. The van der Waals surface area contributed by atoms with Gasteiger partial charge in [0.15, 0.2) is 29.0 Å². The molecule has 3 N–H and O–H groups in total. The first kappa shape index (κ1) is 28.0. The van der Waals surface area contributed by atoms with Crippen molar-refractivity contribution in [1.29, 1.82) is 0 Å². The molecular formula is C25H21F4N3O6. The number of imidazole rings is 1. The average molecular weight is 535 g/mol. The molecule has 13 heteroatoms. The third-order valence-electron chi connectivity index (χ3n) is 5.38. The number of ether oxygens (including phenoxy) is 1. The number of aromatic nitrogens is 2. The van der Waals surface area contributed by atoms with Gasteiger partial charge in [-0.15, -0.1) is 0 Å². The monoisotopic (exact) mass is 535 g/mol. The lowest BCUT2D eigenvalue weighted by atomic mass is 10.0. The summed E-state index contributed by atoms with van der Waals surface area (Å²) in [5, 5.41) is 11.3. The van der Waals surface area contributed by atoms with E-state index in [0.717, 1.165) is 5.56 Å². The van der Waals surface area contributed by atoms with Crippen molar-refractivity contribution in [1.82, 2.24) is 15.3 Å². The number of benzene rings is 2. The summed E-state index contributed by atoms with van der Waals surface area (Å²) in [6, 6.07) is 7.16. The second-order valence-electron chi connectivity index (χ2n) is 8.25. The van der Waals surface area contributed by atoms with Gasteiger partial charge in [-0.2, -0.15) is 8.78 Å². The highest BCUT2D eigenvalue weighted by Gasteiger charge is 2.29. The topological polar surface area (TPSA) is 138 Å². The van der Waals surface area contributed by atoms with Gasteiger partial charge < -0.3 is 20.1 Å². The molecule has 0 unspecified atom stereocenters. The summed E-state index contributed by atoms with van der Waals surface area (Å²) >= 11 is 0. The van der Waals surface area contributed by atoms with Gasteiger partial charge in [0.05, 0.1) is 12.6 Å². The van der Waals surface area contributed by atoms with Crippen molar-refractivity contribution in [3.8, 4) is 17.1 Å². The van der Waals surface area contributed by atoms with Crippen LogP contribution in [-0.4, -0.2) is 51.2 Å². The van der Waals surface area contributed by atoms with Crippen molar-refractivity contribution in [2.75, 3.05) is 6.61 Å². The largest absolute Gasteiger partial charge is 0.481 e. The molecule has 3 rings (SSSR count). The summed E-state index contributed by atoms with van der Waals surface area (Å²) in [6.45, 7) is 0.152. The molecule has 0 radical (unpaired) electrons. The number of carbonyl (C=O) groups is 4. The zero-order valence-electron chi connectivity index (χ0n) is 19.8. The van der Waals surface area contributed by atoms with Crippen LogP contribution in [0.25, 0.3) is 11.4 Å². The van der Waals surface area contributed by atoms with Crippen LogP contribution in [0.5, 0.6) is 5.75 Å². The number of hydrogen-bond donors (Lipinski definition) is 3. The van der Waals surface area contributed by atoms with E-state index < -0.39 is 77.4 Å². The second kappa shape index (κ2) is 12.1. The Morgan fingerprint density at radius 3 is 2.26 bits per heavy atom. The van der Waals surface area contributed by atoms with Crippen molar-refractivity contribution in [3.05, 3.63) is 71.6 Å². The molecule has 9 nitrogen and oxygen atoms in total. The molecule has 0 bridgehead atoms. The SMILES string of the molecule is C[C@H](CC(=O)c1cnc(-c2ccccc2)[nH]1)C(=O)N[C@@H](CC(=O)O)C(=O)COc1c(F)c(F)cc(F)c1F. The molecular weight excluding hydrogens is 514 g/mol. The quantitative estimate of drug-likeness (QED) is 0.183. The third-order valence-corrected chi connectivity index (χ3v) is 5.38. The number of aromatic amines is 1. The highest BCUT2D eigenvalue weighted by molar-refractivity contribution is 5.98. The summed E-state index contributed by atoms with van der Waals surface area (Å²) < 4.78 is 58.8. The maximum absolute atomic E-state index is 13.8. The number of carbonyl (C=O) groups excluding carboxylic acids is 3. The first-order valence-electron chi connectivity index (χ1n) is 11.1. The molecule has 2 aromatic carbocycles. The molecule has 0 aliphatic heterocycles. The smallest absolute Gasteiger partial charge is 0.305 e. The minimum absolute atomic E-state index is 0.0543. The number of carboxylic acids is 1. The van der Waals surface area contributed by atoms with Crippen molar-refractivity contribution in [2.24, 2.45) is 5.92 Å². The maximum Gasteiger partial charge on any atom is 0.305 e. The number of halogens is 4. The molecule has 0 aliphatic rings. The molecule has 0 spiro atoms. The van der Waals surface area contributed by atoms with E-state index in [-0.39, 0.29) is 18.2 Å². The Hall–Kier alpha value is -4.55. The van der Waals surface area contributed by atoms with Crippen LogP contribution >= 0.6 is 0 Å². The van der Waals surface area contributed by atoms with E-state index >= 15 is 0 Å². The van der Waals surface area contributed by atoms with E-state index in [1.54, 1.807) is 24.3 Å². The van der Waals surface area contributed by atoms with Crippen LogP contribution in [0.2, 0.25) is 0 Å². The second-order valence-corrected chi connectivity index (χ2v) is 8.25. The average Bonchev–Trinajstić information content (AvgIpc) is 3.38. The Morgan fingerprint density at radius 1 is 1.03 bits per heavy atom. The number of carboxylic acid groups (broad SMARTS) is 1. The lowest BCUT2D eigenvalue weighted by Crippen LogP contribution is -2.46. The fourth-order valence-electron chi connectivity index (χ4n) is 3.34. The Kier molecular flexibility index (Phi) is 8.94. The molecule has 1 amide bonds. The summed E-state index contributed by atoms with van der Waals surface area (Å²) in [5.74, 6) is -13.4. The van der Waals surface area contributed by atoms with Crippen LogP contribution < -0.4 is 10.1 Å². The summed E-state index contributed by atoms with van der Waals surface area (Å²) in [6.07, 6.45) is 0.0424. The minimum Gasteiger partial charge on any atom is -0.481 e. The first-order valence-corrected chi connectivity index (χ1v) is 11.1. The third kappa shape index (κ3) is 6.81. The molecule has 0 fully saturated rings. The van der Waals surface area contributed by atoms with Crippen molar-refractivity contribution in [2.45, 2.75) is 25.8 Å². The van der Waals surface area contributed by atoms with Crippen LogP contribution in [0.4, 0.5) is 17.6 Å². The van der Waals surface area contributed by atoms with Crippen molar-refractivity contribution in [3.63, 3.8) is 0 Å². The molecule has 3 aromatic rings. The Morgan fingerprint density at radius 2 is 1.66 bits per heavy atom. The van der Waals surface area contributed by atoms with Crippen LogP contribution in [-0.2, 0) is 14.4 Å². The first-order chi connectivity index (χ1) is 18.0. The number of nitrogens with zero attached hydrogens (tertiary/aromatic N) is 1. The number of amides is 1. The number of rotatable bonds is 12. The van der Waals surface area contributed by atoms with E-state index in [1.807, 2.05) is 6.07 Å². The molecule has 0 saturated carbocycles. The summed E-state index contributed by atoms with van der Waals surface area (Å²) in [5.41, 5.74) is 0.858. The molecule has 200 valence electrons. The van der Waals surface area contributed by atoms with Gasteiger partial charge in [-0.05, 0) is 0 Å². The molecule has 1 heterocycles. The van der Waals surface area contributed by atoms with Crippen LogP contribution in [0.3, 0.4) is 0 Å². The normalized spacial score (nSPS) is 12.4. The lowest BCUT2D eigenvalue weighted by Gasteiger charge is -2.19. The van der Waals surface area contributed by atoms with E-state index in [4.69, 9.17) is 5.11 Å². The fraction of sp³-hybridized carbons (Fsp3) is 0.240. The molecule has 0 aliphatic carbocycles. The Bertz CT molecular complexity index is 1340. The van der Waals surface area contributed by atoms with Gasteiger partial charge in [0, 0.05) is 24.0 Å². The van der Waals surface area contributed by atoms with Gasteiger partial charge in [-0.1, -0.05) is 37.3 Å². The van der Waals surface area contributed by atoms with Gasteiger partial charge in [-0.25, -0.2) is 13.8 Å². The highest BCUT2D eigenvalue weighted by atomic mass is 19.2. The zero-order valence-corrected chi connectivity index (χ0v) is 19.8. The maximum atomic E-state index is 13.8. The van der Waals surface area contributed by atoms with Crippen molar-refractivity contribution >= 4 is 23.4 Å². The predicted octanol–water partition coefficient (Wildman–Crippen LogP) is 3.45. The Balaban J connectivity index is 1.63. The highest BCUT2D eigenvalue weighted by Crippen LogP contribution is 2.26. The number of nitrogens with one attached hydrogen (secondary N) is 2. The van der Waals surface area contributed by atoms with Gasteiger partial charge in [-0.3, -0.25) is 19.2 Å².